The van der Waals surface area contributed by atoms with Gasteiger partial charge in [-0.1, -0.05) is 19.0 Å². The van der Waals surface area contributed by atoms with Crippen LogP contribution in [-0.4, -0.2) is 26.7 Å². The minimum atomic E-state index is 0.177. The van der Waals surface area contributed by atoms with Crippen molar-refractivity contribution in [2.45, 2.75) is 57.9 Å². The standard InChI is InChI=1S/C16H21N5O/c1-10(2)16-19-14(20-22-16)13-7-4-8-21(13)15-11-5-3-6-12(11)17-9-18-15/h9-10,13H,3-8H2,1-2H3. The van der Waals surface area contributed by atoms with Gasteiger partial charge >= 0.3 is 0 Å². The van der Waals surface area contributed by atoms with Crippen LogP contribution in [0.1, 0.15) is 68.0 Å². The molecule has 2 aromatic heterocycles. The van der Waals surface area contributed by atoms with Gasteiger partial charge in [0.1, 0.15) is 12.1 Å². The maximum atomic E-state index is 5.39. The molecule has 0 aromatic carbocycles. The molecular weight excluding hydrogens is 278 g/mol. The van der Waals surface area contributed by atoms with Crippen molar-refractivity contribution in [1.82, 2.24) is 20.1 Å². The number of rotatable bonds is 3. The van der Waals surface area contributed by atoms with Crippen molar-refractivity contribution in [3.63, 3.8) is 0 Å². The van der Waals surface area contributed by atoms with Crippen LogP contribution in [0.3, 0.4) is 0 Å². The first-order valence-corrected chi connectivity index (χ1v) is 8.17. The van der Waals surface area contributed by atoms with Gasteiger partial charge in [-0.25, -0.2) is 9.97 Å². The van der Waals surface area contributed by atoms with Crippen molar-refractivity contribution in [2.75, 3.05) is 11.4 Å². The van der Waals surface area contributed by atoms with Crippen LogP contribution in [0.2, 0.25) is 0 Å². The third-order valence-corrected chi connectivity index (χ3v) is 4.63. The van der Waals surface area contributed by atoms with Crippen molar-refractivity contribution >= 4 is 5.82 Å². The Morgan fingerprint density at radius 2 is 2.14 bits per heavy atom. The van der Waals surface area contributed by atoms with E-state index in [1.807, 2.05) is 0 Å². The number of fused-ring (bicyclic) bond motifs is 1. The molecule has 6 nitrogen and oxygen atoms in total. The lowest BCUT2D eigenvalue weighted by molar-refractivity contribution is 0.358. The van der Waals surface area contributed by atoms with Crippen LogP contribution in [0.4, 0.5) is 5.82 Å². The number of anilines is 1. The summed E-state index contributed by atoms with van der Waals surface area (Å²) in [6.07, 6.45) is 7.22. The number of nitrogens with zero attached hydrogens (tertiary/aromatic N) is 5. The molecule has 0 radical (unpaired) electrons. The topological polar surface area (TPSA) is 67.9 Å². The summed E-state index contributed by atoms with van der Waals surface area (Å²) in [7, 11) is 0. The van der Waals surface area contributed by atoms with Crippen molar-refractivity contribution in [2.24, 2.45) is 0 Å². The molecule has 3 heterocycles. The molecule has 2 aromatic rings. The summed E-state index contributed by atoms with van der Waals surface area (Å²) in [5, 5.41) is 4.22. The molecule has 1 aliphatic carbocycles. The maximum absolute atomic E-state index is 5.39. The Kier molecular flexibility index (Phi) is 3.32. The number of hydrogen-bond donors (Lipinski definition) is 0. The third kappa shape index (κ3) is 2.17. The zero-order chi connectivity index (χ0) is 15.1. The first kappa shape index (κ1) is 13.7. The summed E-state index contributed by atoms with van der Waals surface area (Å²) in [5.41, 5.74) is 2.54. The van der Waals surface area contributed by atoms with Crippen LogP contribution in [0.25, 0.3) is 0 Å². The van der Waals surface area contributed by atoms with Gasteiger partial charge in [-0.2, -0.15) is 4.98 Å². The maximum Gasteiger partial charge on any atom is 0.229 e. The minimum absolute atomic E-state index is 0.177. The summed E-state index contributed by atoms with van der Waals surface area (Å²) in [5.74, 6) is 2.86. The second-order valence-electron chi connectivity index (χ2n) is 6.47. The fourth-order valence-electron chi connectivity index (χ4n) is 3.50. The van der Waals surface area contributed by atoms with Gasteiger partial charge in [-0.15, -0.1) is 0 Å². The SMILES string of the molecule is CC(C)c1nc(C2CCCN2c2ncnc3c2CCC3)no1. The van der Waals surface area contributed by atoms with Gasteiger partial charge in [-0.3, -0.25) is 0 Å². The highest BCUT2D eigenvalue weighted by molar-refractivity contribution is 5.52. The molecular formula is C16H21N5O. The van der Waals surface area contributed by atoms with Gasteiger partial charge in [0.25, 0.3) is 0 Å². The van der Waals surface area contributed by atoms with E-state index in [2.05, 4.69) is 38.9 Å². The molecule has 0 spiro atoms. The first-order valence-electron chi connectivity index (χ1n) is 8.17. The Hall–Kier alpha value is -1.98. The molecule has 1 atom stereocenters. The van der Waals surface area contributed by atoms with Crippen LogP contribution in [0, 0.1) is 0 Å². The Labute approximate surface area is 130 Å². The average molecular weight is 299 g/mol. The van der Waals surface area contributed by atoms with Crippen LogP contribution in [0.15, 0.2) is 10.9 Å². The second kappa shape index (κ2) is 5.34. The Bertz CT molecular complexity index is 681. The van der Waals surface area contributed by atoms with E-state index in [9.17, 15) is 0 Å². The first-order chi connectivity index (χ1) is 10.7. The summed E-state index contributed by atoms with van der Waals surface area (Å²) >= 11 is 0. The van der Waals surface area contributed by atoms with Crippen LogP contribution < -0.4 is 4.90 Å². The third-order valence-electron chi connectivity index (χ3n) is 4.63. The molecule has 1 unspecified atom stereocenters. The molecule has 0 amide bonds. The molecule has 6 heteroatoms. The van der Waals surface area contributed by atoms with E-state index in [1.54, 1.807) is 6.33 Å². The van der Waals surface area contributed by atoms with Crippen molar-refractivity contribution in [1.29, 1.82) is 0 Å². The zero-order valence-corrected chi connectivity index (χ0v) is 13.1. The van der Waals surface area contributed by atoms with Crippen molar-refractivity contribution in [3.8, 4) is 0 Å². The Morgan fingerprint density at radius 1 is 1.23 bits per heavy atom. The van der Waals surface area contributed by atoms with E-state index in [0.717, 1.165) is 49.8 Å². The van der Waals surface area contributed by atoms with E-state index >= 15 is 0 Å². The molecule has 1 aliphatic heterocycles. The lowest BCUT2D eigenvalue weighted by Gasteiger charge is -2.25. The average Bonchev–Trinajstić information content (AvgIpc) is 3.25. The van der Waals surface area contributed by atoms with Crippen LogP contribution in [-0.2, 0) is 12.8 Å². The lowest BCUT2D eigenvalue weighted by atomic mass is 10.1. The fraction of sp³-hybridized carbons (Fsp3) is 0.625. The number of hydrogen-bond acceptors (Lipinski definition) is 6. The lowest BCUT2D eigenvalue weighted by Crippen LogP contribution is -2.26. The fourth-order valence-corrected chi connectivity index (χ4v) is 3.50. The predicted octanol–water partition coefficient (Wildman–Crippen LogP) is 2.81. The van der Waals surface area contributed by atoms with Gasteiger partial charge < -0.3 is 9.42 Å². The normalized spacial score (nSPS) is 20.9. The molecule has 0 bridgehead atoms. The highest BCUT2D eigenvalue weighted by atomic mass is 16.5. The van der Waals surface area contributed by atoms with Crippen LogP contribution in [0.5, 0.6) is 0 Å². The van der Waals surface area contributed by atoms with Gasteiger partial charge in [0, 0.05) is 23.7 Å². The molecule has 22 heavy (non-hydrogen) atoms. The van der Waals surface area contributed by atoms with Gasteiger partial charge in [-0.05, 0) is 32.1 Å². The number of aromatic nitrogens is 4. The van der Waals surface area contributed by atoms with Crippen molar-refractivity contribution in [3.05, 3.63) is 29.3 Å². The van der Waals surface area contributed by atoms with E-state index in [4.69, 9.17) is 4.52 Å². The van der Waals surface area contributed by atoms with Gasteiger partial charge in [0.15, 0.2) is 5.82 Å². The molecule has 1 saturated heterocycles. The molecule has 2 aliphatic rings. The largest absolute Gasteiger partial charge is 0.346 e. The van der Waals surface area contributed by atoms with Crippen molar-refractivity contribution < 1.29 is 4.52 Å². The van der Waals surface area contributed by atoms with Crippen LogP contribution >= 0.6 is 0 Å². The monoisotopic (exact) mass is 299 g/mol. The Morgan fingerprint density at radius 3 is 2.95 bits per heavy atom. The van der Waals surface area contributed by atoms with E-state index < -0.39 is 0 Å². The highest BCUT2D eigenvalue weighted by Crippen LogP contribution is 2.38. The predicted molar refractivity (Wildman–Crippen MR) is 81.8 cm³/mol. The molecule has 116 valence electrons. The summed E-state index contributed by atoms with van der Waals surface area (Å²) in [6, 6.07) is 0.177. The smallest absolute Gasteiger partial charge is 0.229 e. The van der Waals surface area contributed by atoms with E-state index in [0.29, 0.717) is 0 Å². The molecule has 1 fully saturated rings. The molecule has 0 saturated carbocycles. The Balaban J connectivity index is 1.68. The van der Waals surface area contributed by atoms with E-state index in [-0.39, 0.29) is 12.0 Å². The van der Waals surface area contributed by atoms with Gasteiger partial charge in [0.05, 0.1) is 6.04 Å². The summed E-state index contributed by atoms with van der Waals surface area (Å²) in [6.45, 7) is 5.14. The van der Waals surface area contributed by atoms with E-state index in [1.165, 1.54) is 17.7 Å². The minimum Gasteiger partial charge on any atom is -0.346 e. The quantitative estimate of drug-likeness (QED) is 0.868. The zero-order valence-electron chi connectivity index (χ0n) is 13.1. The molecule has 4 rings (SSSR count). The highest BCUT2D eigenvalue weighted by Gasteiger charge is 2.33. The summed E-state index contributed by atoms with van der Waals surface area (Å²) in [4.78, 5) is 16.0. The second-order valence-corrected chi connectivity index (χ2v) is 6.47. The summed E-state index contributed by atoms with van der Waals surface area (Å²) < 4.78 is 5.39. The molecule has 0 N–H and O–H groups in total. The number of aryl methyl sites for hydroxylation is 1. The van der Waals surface area contributed by atoms with Gasteiger partial charge in [0.2, 0.25) is 5.89 Å².